The van der Waals surface area contributed by atoms with E-state index in [1.54, 1.807) is 12.1 Å². The maximum Gasteiger partial charge on any atom is 1.00 e. The van der Waals surface area contributed by atoms with E-state index in [9.17, 15) is 13.0 Å². The number of benzene rings is 1. The number of nitrogens with one attached hydrogen (secondary N) is 1. The predicted octanol–water partition coefficient (Wildman–Crippen LogP) is 4.75. The first-order chi connectivity index (χ1) is 15.5. The van der Waals surface area contributed by atoms with Crippen LogP contribution in [0.1, 0.15) is 122 Å². The molecule has 0 radical (unpaired) electrons. The van der Waals surface area contributed by atoms with Crippen molar-refractivity contribution in [3.63, 3.8) is 0 Å². The van der Waals surface area contributed by atoms with Crippen molar-refractivity contribution in [3.8, 4) is 0 Å². The molecule has 7 heteroatoms. The third-order valence-electron chi connectivity index (χ3n) is 6.57. The summed E-state index contributed by atoms with van der Waals surface area (Å²) in [5.41, 5.74) is 1.20. The summed E-state index contributed by atoms with van der Waals surface area (Å²) >= 11 is 0. The maximum atomic E-state index is 11.7. The van der Waals surface area contributed by atoms with Gasteiger partial charge in [-0.15, -0.1) is 0 Å². The van der Waals surface area contributed by atoms with Crippen molar-refractivity contribution in [3.05, 3.63) is 24.3 Å². The van der Waals surface area contributed by atoms with Gasteiger partial charge in [-0.25, -0.2) is 8.42 Å². The van der Waals surface area contributed by atoms with E-state index in [1.165, 1.54) is 96.3 Å². The Morgan fingerprint density at radius 1 is 0.758 bits per heavy atom. The van der Waals surface area contributed by atoms with E-state index < -0.39 is 16.5 Å². The van der Waals surface area contributed by atoms with E-state index in [-0.39, 0.29) is 29.6 Å². The summed E-state index contributed by atoms with van der Waals surface area (Å²) in [7, 11) is -4.52. The molecule has 0 bridgehead atoms. The summed E-state index contributed by atoms with van der Waals surface area (Å²) in [6.07, 6.45) is 22.7. The van der Waals surface area contributed by atoms with E-state index in [0.717, 1.165) is 22.8 Å². The summed E-state index contributed by atoms with van der Waals surface area (Å²) in [5.74, 6) is 0. The number of hydrogen-bond donors (Lipinski definition) is 1. The Morgan fingerprint density at radius 2 is 1.18 bits per heavy atom. The molecule has 0 saturated carbocycles. The third-order valence-corrected chi connectivity index (χ3v) is 7.50. The molecule has 0 amide bonds. The van der Waals surface area contributed by atoms with Crippen molar-refractivity contribution < 1.29 is 42.5 Å². The minimum Gasteiger partial charge on any atom is -0.731 e. The van der Waals surface area contributed by atoms with Crippen molar-refractivity contribution in [1.82, 2.24) is 0 Å². The van der Waals surface area contributed by atoms with E-state index in [0.29, 0.717) is 12.1 Å². The molecule has 1 aromatic carbocycles. The zero-order valence-electron chi connectivity index (χ0n) is 21.2. The van der Waals surface area contributed by atoms with Gasteiger partial charge in [-0.3, -0.25) is 4.31 Å². The molecule has 1 aliphatic rings. The van der Waals surface area contributed by atoms with Crippen LogP contribution in [0.15, 0.2) is 24.3 Å². The van der Waals surface area contributed by atoms with Crippen LogP contribution in [0, 0.1) is 0 Å². The van der Waals surface area contributed by atoms with Gasteiger partial charge in [0, 0.05) is 0 Å². The van der Waals surface area contributed by atoms with Crippen LogP contribution in [0.4, 0.5) is 11.4 Å². The van der Waals surface area contributed by atoms with Crippen molar-refractivity contribution >= 4 is 21.7 Å². The van der Waals surface area contributed by atoms with Crippen LogP contribution in [0.3, 0.4) is 0 Å². The number of unbranched alkanes of at least 4 members (excludes halogenated alkanes) is 16. The van der Waals surface area contributed by atoms with E-state index in [4.69, 9.17) is 0 Å². The summed E-state index contributed by atoms with van der Waals surface area (Å²) in [6, 6.07) is 7.12. The van der Waals surface area contributed by atoms with Crippen LogP contribution in [-0.4, -0.2) is 19.1 Å². The number of nitrogens with zero attached hydrogens (tertiary/aromatic N) is 1. The molecule has 1 atom stereocenters. The number of para-hydroxylation sites is 2. The average Bonchev–Trinajstić information content (AvgIpc) is 3.14. The van der Waals surface area contributed by atoms with Crippen LogP contribution >= 0.6 is 0 Å². The molecule has 1 aliphatic heterocycles. The molecular weight excluding hydrogens is 443 g/mol. The molecule has 1 N–H and O–H groups in total. The fourth-order valence-corrected chi connectivity index (χ4v) is 5.59. The molecule has 33 heavy (non-hydrogen) atoms. The number of hydrogen-bond acceptors (Lipinski definition) is 4. The topological polar surface area (TPSA) is 72.5 Å². The van der Waals surface area contributed by atoms with Gasteiger partial charge in [-0.1, -0.05) is 122 Å². The first-order valence-electron chi connectivity index (χ1n) is 13.1. The first kappa shape index (κ1) is 30.8. The van der Waals surface area contributed by atoms with E-state index in [1.807, 2.05) is 12.1 Å². The van der Waals surface area contributed by atoms with Crippen molar-refractivity contribution in [2.75, 3.05) is 9.62 Å². The molecule has 1 heterocycles. The maximum absolute atomic E-state index is 11.7. The summed E-state index contributed by atoms with van der Waals surface area (Å²) in [6.45, 7) is 2.27. The number of fused-ring (bicyclic) bond motifs is 1. The van der Waals surface area contributed by atoms with Gasteiger partial charge >= 0.3 is 29.6 Å². The Kier molecular flexibility index (Phi) is 16.8. The van der Waals surface area contributed by atoms with Gasteiger partial charge in [0.25, 0.3) is 0 Å². The van der Waals surface area contributed by atoms with Crippen LogP contribution in [0.5, 0.6) is 0 Å². The molecule has 0 fully saturated rings. The van der Waals surface area contributed by atoms with Crippen molar-refractivity contribution in [1.29, 1.82) is 0 Å². The average molecular weight is 489 g/mol. The Bertz CT molecular complexity index is 730. The smallest absolute Gasteiger partial charge is 0.731 e. The molecule has 1 aromatic rings. The fraction of sp³-hybridized carbons (Fsp3) is 0.769. The quantitative estimate of drug-likeness (QED) is 0.173. The zero-order chi connectivity index (χ0) is 23.1. The van der Waals surface area contributed by atoms with E-state index in [2.05, 4.69) is 12.2 Å². The minimum atomic E-state index is -4.52. The van der Waals surface area contributed by atoms with Crippen molar-refractivity contribution in [2.45, 2.75) is 129 Å². The molecule has 184 valence electrons. The van der Waals surface area contributed by atoms with Gasteiger partial charge in [-0.2, -0.15) is 0 Å². The normalized spacial score (nSPS) is 15.2. The Hall–Kier alpha value is -0.270. The zero-order valence-corrected chi connectivity index (χ0v) is 24.0. The molecule has 0 saturated heterocycles. The van der Waals surface area contributed by atoms with Crippen LogP contribution in [0.2, 0.25) is 0 Å². The largest absolute Gasteiger partial charge is 1.00 e. The van der Waals surface area contributed by atoms with E-state index >= 15 is 0 Å². The molecule has 5 nitrogen and oxygen atoms in total. The predicted molar refractivity (Wildman–Crippen MR) is 135 cm³/mol. The first-order valence-corrected chi connectivity index (χ1v) is 14.5. The fourth-order valence-electron chi connectivity index (χ4n) is 4.72. The standard InChI is InChI=1S/C26H46N2O3S.Na/c1-2-3-4-5-6-7-8-9-10-11-12-13-14-15-16-17-18-23-26-27-24-21-19-20-22-25(24)28(26)32(29,30)31;/h19-22,26-27H,2-18,23H2,1H3,(H,29,30,31);/q;+1/p-1. The molecular formula is C26H45N2NaO3S. The molecule has 0 spiro atoms. The second kappa shape index (κ2) is 18.1. The molecule has 0 aromatic heterocycles. The van der Waals surface area contributed by atoms with Gasteiger partial charge in [0.15, 0.2) is 10.3 Å². The molecule has 0 aliphatic carbocycles. The van der Waals surface area contributed by atoms with Gasteiger partial charge in [-0.05, 0) is 25.0 Å². The Morgan fingerprint density at radius 3 is 1.64 bits per heavy atom. The second-order valence-electron chi connectivity index (χ2n) is 9.38. The Labute approximate surface area is 225 Å². The SMILES string of the molecule is CCCCCCCCCCCCCCCCCCCC1Nc2ccccc2N1S(=O)(=O)[O-].[Na+]. The summed E-state index contributed by atoms with van der Waals surface area (Å²) in [4.78, 5) is 0. The minimum absolute atomic E-state index is 0. The van der Waals surface area contributed by atoms with Crippen LogP contribution in [-0.2, 0) is 10.3 Å². The monoisotopic (exact) mass is 488 g/mol. The van der Waals surface area contributed by atoms with Gasteiger partial charge in [0.1, 0.15) is 6.17 Å². The summed E-state index contributed by atoms with van der Waals surface area (Å²) in [5, 5.41) is 3.19. The number of rotatable bonds is 19. The van der Waals surface area contributed by atoms with Crippen LogP contribution < -0.4 is 39.2 Å². The van der Waals surface area contributed by atoms with Crippen LogP contribution in [0.25, 0.3) is 0 Å². The van der Waals surface area contributed by atoms with Gasteiger partial charge in [0.2, 0.25) is 0 Å². The van der Waals surface area contributed by atoms with Gasteiger partial charge < -0.3 is 9.87 Å². The number of anilines is 2. The molecule has 2 rings (SSSR count). The summed E-state index contributed by atoms with van der Waals surface area (Å²) < 4.78 is 36.2. The van der Waals surface area contributed by atoms with Crippen molar-refractivity contribution in [2.24, 2.45) is 0 Å². The third kappa shape index (κ3) is 12.3. The van der Waals surface area contributed by atoms with Gasteiger partial charge in [0.05, 0.1) is 11.4 Å². The molecule has 1 unspecified atom stereocenters. The second-order valence-corrected chi connectivity index (χ2v) is 10.6. The Balaban J connectivity index is 0.00000544.